The van der Waals surface area contributed by atoms with Crippen LogP contribution in [-0.2, 0) is 4.79 Å². The number of likely N-dealkylation sites (tertiary alicyclic amines) is 1. The molecule has 1 aliphatic heterocycles. The van der Waals surface area contributed by atoms with Gasteiger partial charge in [-0.25, -0.2) is 0 Å². The molecule has 0 aromatic carbocycles. The standard InChI is InChI=1S/C11H20N2O2/c1-3-13(9-4-5-9)10(14)6-12-7-11(2,15)8-12/h9,15H,3-8H2,1-2H3. The van der Waals surface area contributed by atoms with Gasteiger partial charge in [0.25, 0.3) is 0 Å². The largest absolute Gasteiger partial charge is 0.388 e. The molecule has 2 aliphatic rings. The highest BCUT2D eigenvalue weighted by atomic mass is 16.3. The van der Waals surface area contributed by atoms with E-state index in [1.807, 2.05) is 23.6 Å². The van der Waals surface area contributed by atoms with Crippen molar-refractivity contribution in [3.05, 3.63) is 0 Å². The van der Waals surface area contributed by atoms with Crippen molar-refractivity contribution in [2.75, 3.05) is 26.2 Å². The van der Waals surface area contributed by atoms with Gasteiger partial charge in [-0.1, -0.05) is 0 Å². The molecule has 4 nitrogen and oxygen atoms in total. The molecule has 86 valence electrons. The van der Waals surface area contributed by atoms with Crippen LogP contribution in [0.5, 0.6) is 0 Å². The number of hydrogen-bond acceptors (Lipinski definition) is 3. The lowest BCUT2D eigenvalue weighted by atomic mass is 9.97. The predicted molar refractivity (Wildman–Crippen MR) is 57.5 cm³/mol. The maximum atomic E-state index is 11.9. The Labute approximate surface area is 90.9 Å². The summed E-state index contributed by atoms with van der Waals surface area (Å²) in [5, 5.41) is 9.55. The van der Waals surface area contributed by atoms with Crippen LogP contribution in [0.1, 0.15) is 26.7 Å². The quantitative estimate of drug-likeness (QED) is 0.717. The lowest BCUT2D eigenvalue weighted by Crippen LogP contribution is -2.61. The molecule has 4 heteroatoms. The predicted octanol–water partition coefficient (Wildman–Crippen LogP) is 0.0639. The van der Waals surface area contributed by atoms with Crippen LogP contribution in [0.15, 0.2) is 0 Å². The maximum absolute atomic E-state index is 11.9. The van der Waals surface area contributed by atoms with Crippen LogP contribution in [0.25, 0.3) is 0 Å². The minimum atomic E-state index is -0.573. The number of amides is 1. The van der Waals surface area contributed by atoms with Gasteiger partial charge in [0, 0.05) is 25.7 Å². The fourth-order valence-electron chi connectivity index (χ4n) is 2.34. The fraction of sp³-hybridized carbons (Fsp3) is 0.909. The number of nitrogens with zero attached hydrogens (tertiary/aromatic N) is 2. The molecule has 0 spiro atoms. The normalized spacial score (nSPS) is 24.7. The van der Waals surface area contributed by atoms with Crippen LogP contribution in [0.4, 0.5) is 0 Å². The smallest absolute Gasteiger partial charge is 0.236 e. The molecule has 0 aromatic heterocycles. The first-order valence-corrected chi connectivity index (χ1v) is 5.76. The molecular formula is C11H20N2O2. The zero-order valence-corrected chi connectivity index (χ0v) is 9.57. The molecule has 1 N–H and O–H groups in total. The molecule has 0 aromatic rings. The van der Waals surface area contributed by atoms with Crippen LogP contribution in [0.2, 0.25) is 0 Å². The monoisotopic (exact) mass is 212 g/mol. The summed E-state index contributed by atoms with van der Waals surface area (Å²) in [4.78, 5) is 15.8. The van der Waals surface area contributed by atoms with Crippen LogP contribution < -0.4 is 0 Å². The van der Waals surface area contributed by atoms with Crippen LogP contribution in [-0.4, -0.2) is 58.6 Å². The third kappa shape index (κ3) is 2.49. The van der Waals surface area contributed by atoms with Crippen molar-refractivity contribution in [3.63, 3.8) is 0 Å². The van der Waals surface area contributed by atoms with E-state index in [-0.39, 0.29) is 5.91 Å². The molecule has 0 radical (unpaired) electrons. The summed E-state index contributed by atoms with van der Waals surface area (Å²) in [5.74, 6) is 0.218. The Balaban J connectivity index is 1.77. The molecule has 1 aliphatic carbocycles. The van der Waals surface area contributed by atoms with Crippen molar-refractivity contribution in [1.82, 2.24) is 9.80 Å². The van der Waals surface area contributed by atoms with Crippen molar-refractivity contribution >= 4 is 5.91 Å². The number of carbonyl (C=O) groups excluding carboxylic acids is 1. The van der Waals surface area contributed by atoms with E-state index in [0.29, 0.717) is 25.7 Å². The number of hydrogen-bond donors (Lipinski definition) is 1. The van der Waals surface area contributed by atoms with Crippen molar-refractivity contribution in [1.29, 1.82) is 0 Å². The third-order valence-corrected chi connectivity index (χ3v) is 3.14. The lowest BCUT2D eigenvalue weighted by Gasteiger charge is -2.44. The van der Waals surface area contributed by atoms with E-state index in [4.69, 9.17) is 0 Å². The average Bonchev–Trinajstić information content (AvgIpc) is 2.86. The van der Waals surface area contributed by atoms with Gasteiger partial charge in [-0.2, -0.15) is 0 Å². The highest BCUT2D eigenvalue weighted by molar-refractivity contribution is 5.79. The second-order valence-electron chi connectivity index (χ2n) is 5.05. The Bertz CT molecular complexity index is 253. The first-order valence-electron chi connectivity index (χ1n) is 5.76. The topological polar surface area (TPSA) is 43.8 Å². The summed E-state index contributed by atoms with van der Waals surface area (Å²) in [6.07, 6.45) is 2.33. The summed E-state index contributed by atoms with van der Waals surface area (Å²) in [6.45, 7) is 6.38. The average molecular weight is 212 g/mol. The van der Waals surface area contributed by atoms with Gasteiger partial charge in [0.2, 0.25) is 5.91 Å². The second-order valence-corrected chi connectivity index (χ2v) is 5.05. The summed E-state index contributed by atoms with van der Waals surface area (Å²) in [6, 6.07) is 0.504. The number of likely N-dealkylation sites (N-methyl/N-ethyl adjacent to an activating group) is 1. The van der Waals surface area contributed by atoms with Crippen LogP contribution in [0, 0.1) is 0 Å². The third-order valence-electron chi connectivity index (χ3n) is 3.14. The molecule has 0 atom stereocenters. The van der Waals surface area contributed by atoms with Gasteiger partial charge in [0.05, 0.1) is 12.1 Å². The van der Waals surface area contributed by atoms with E-state index in [2.05, 4.69) is 0 Å². The van der Waals surface area contributed by atoms with Crippen molar-refractivity contribution in [2.24, 2.45) is 0 Å². The van der Waals surface area contributed by atoms with E-state index >= 15 is 0 Å². The fourth-order valence-corrected chi connectivity index (χ4v) is 2.34. The Morgan fingerprint density at radius 1 is 1.53 bits per heavy atom. The minimum absolute atomic E-state index is 0.218. The number of carbonyl (C=O) groups is 1. The van der Waals surface area contributed by atoms with Gasteiger partial charge in [-0.05, 0) is 26.7 Å². The highest BCUT2D eigenvalue weighted by Crippen LogP contribution is 2.27. The number of rotatable bonds is 4. The van der Waals surface area contributed by atoms with Gasteiger partial charge in [-0.15, -0.1) is 0 Å². The molecule has 0 bridgehead atoms. The minimum Gasteiger partial charge on any atom is -0.388 e. The Hall–Kier alpha value is -0.610. The lowest BCUT2D eigenvalue weighted by molar-refractivity contribution is -0.140. The molecule has 15 heavy (non-hydrogen) atoms. The summed E-state index contributed by atoms with van der Waals surface area (Å²) in [7, 11) is 0. The second kappa shape index (κ2) is 3.76. The zero-order chi connectivity index (χ0) is 11.1. The van der Waals surface area contributed by atoms with Gasteiger partial charge < -0.3 is 10.0 Å². The number of β-amino-alcohol motifs (C(OH)–C–C–N with tert-alkyl or cyclic N) is 1. The summed E-state index contributed by atoms with van der Waals surface area (Å²) < 4.78 is 0. The molecule has 1 saturated carbocycles. The van der Waals surface area contributed by atoms with Gasteiger partial charge >= 0.3 is 0 Å². The van der Waals surface area contributed by atoms with E-state index in [1.54, 1.807) is 0 Å². The molecular weight excluding hydrogens is 192 g/mol. The summed E-state index contributed by atoms with van der Waals surface area (Å²) >= 11 is 0. The van der Waals surface area contributed by atoms with E-state index in [1.165, 1.54) is 0 Å². The van der Waals surface area contributed by atoms with Crippen molar-refractivity contribution < 1.29 is 9.90 Å². The highest BCUT2D eigenvalue weighted by Gasteiger charge is 2.39. The Morgan fingerprint density at radius 3 is 2.53 bits per heavy atom. The summed E-state index contributed by atoms with van der Waals surface area (Å²) in [5.41, 5.74) is -0.573. The Kier molecular flexibility index (Phi) is 2.73. The first kappa shape index (κ1) is 10.9. The van der Waals surface area contributed by atoms with E-state index in [9.17, 15) is 9.90 Å². The SMILES string of the molecule is CCN(C(=O)CN1CC(C)(O)C1)C1CC1. The number of aliphatic hydroxyl groups is 1. The first-order chi connectivity index (χ1) is 7.02. The van der Waals surface area contributed by atoms with Gasteiger partial charge in [0.15, 0.2) is 0 Å². The maximum Gasteiger partial charge on any atom is 0.236 e. The molecule has 1 heterocycles. The van der Waals surface area contributed by atoms with Crippen molar-refractivity contribution in [2.45, 2.75) is 38.3 Å². The van der Waals surface area contributed by atoms with E-state index in [0.717, 1.165) is 19.4 Å². The molecule has 2 rings (SSSR count). The van der Waals surface area contributed by atoms with Crippen LogP contribution >= 0.6 is 0 Å². The zero-order valence-electron chi connectivity index (χ0n) is 9.57. The van der Waals surface area contributed by atoms with Gasteiger partial charge in [-0.3, -0.25) is 9.69 Å². The van der Waals surface area contributed by atoms with Crippen LogP contribution in [0.3, 0.4) is 0 Å². The Morgan fingerprint density at radius 2 is 2.13 bits per heavy atom. The molecule has 0 unspecified atom stereocenters. The van der Waals surface area contributed by atoms with E-state index < -0.39 is 5.60 Å². The molecule has 1 saturated heterocycles. The molecule has 2 fully saturated rings. The van der Waals surface area contributed by atoms with Gasteiger partial charge in [0.1, 0.15) is 0 Å². The molecule has 1 amide bonds. The van der Waals surface area contributed by atoms with Crippen molar-refractivity contribution in [3.8, 4) is 0 Å².